The van der Waals surface area contributed by atoms with E-state index in [0.29, 0.717) is 12.5 Å². The molecule has 138 valence electrons. The lowest BCUT2D eigenvalue weighted by atomic mass is 9.72. The van der Waals surface area contributed by atoms with E-state index in [4.69, 9.17) is 4.52 Å². The van der Waals surface area contributed by atoms with Crippen molar-refractivity contribution in [3.8, 4) is 0 Å². The van der Waals surface area contributed by atoms with Crippen molar-refractivity contribution in [2.24, 2.45) is 11.3 Å². The number of carbonyl (C=O) groups excluding carboxylic acids is 1. The summed E-state index contributed by atoms with van der Waals surface area (Å²) in [5.41, 5.74) is 1.89. The monoisotopic (exact) mass is 345 g/mol. The highest BCUT2D eigenvalue weighted by Crippen LogP contribution is 2.42. The molecule has 5 heteroatoms. The van der Waals surface area contributed by atoms with Gasteiger partial charge in [-0.25, -0.2) is 0 Å². The van der Waals surface area contributed by atoms with Crippen LogP contribution in [0.25, 0.3) is 0 Å². The molecule has 5 nitrogen and oxygen atoms in total. The van der Waals surface area contributed by atoms with Crippen molar-refractivity contribution < 1.29 is 9.32 Å². The van der Waals surface area contributed by atoms with E-state index in [-0.39, 0.29) is 5.41 Å². The highest BCUT2D eigenvalue weighted by Gasteiger charge is 2.53. The van der Waals surface area contributed by atoms with E-state index in [1.807, 2.05) is 18.7 Å². The van der Waals surface area contributed by atoms with Crippen molar-refractivity contribution >= 4 is 5.91 Å². The molecule has 1 saturated carbocycles. The number of aryl methyl sites for hydroxylation is 2. The van der Waals surface area contributed by atoms with Crippen molar-refractivity contribution in [3.63, 3.8) is 0 Å². The van der Waals surface area contributed by atoms with Gasteiger partial charge in [-0.05, 0) is 52.0 Å². The maximum atomic E-state index is 13.0. The summed E-state index contributed by atoms with van der Waals surface area (Å²) < 4.78 is 5.24. The molecule has 3 aliphatic rings. The molecule has 0 bridgehead atoms. The van der Waals surface area contributed by atoms with Crippen LogP contribution in [0.2, 0.25) is 0 Å². The van der Waals surface area contributed by atoms with Gasteiger partial charge in [-0.2, -0.15) is 0 Å². The molecule has 3 fully saturated rings. The Hall–Kier alpha value is -1.36. The van der Waals surface area contributed by atoms with Crippen LogP contribution in [0, 0.1) is 25.2 Å². The second kappa shape index (κ2) is 6.75. The van der Waals surface area contributed by atoms with Crippen LogP contribution in [0.3, 0.4) is 0 Å². The SMILES string of the molecule is Cc1noc(C)c1CN1CC2(CCCN(CC3CCCCC3)C2)C1=O. The maximum Gasteiger partial charge on any atom is 0.232 e. The van der Waals surface area contributed by atoms with Gasteiger partial charge in [-0.15, -0.1) is 0 Å². The van der Waals surface area contributed by atoms with E-state index in [0.717, 1.165) is 48.9 Å². The Bertz CT molecular complexity index is 615. The lowest BCUT2D eigenvalue weighted by Crippen LogP contribution is -2.66. The summed E-state index contributed by atoms with van der Waals surface area (Å²) in [5.74, 6) is 2.05. The first kappa shape index (κ1) is 17.1. The van der Waals surface area contributed by atoms with Gasteiger partial charge in [-0.1, -0.05) is 24.4 Å². The minimum Gasteiger partial charge on any atom is -0.361 e. The van der Waals surface area contributed by atoms with Crippen LogP contribution >= 0.6 is 0 Å². The van der Waals surface area contributed by atoms with Gasteiger partial charge in [0.2, 0.25) is 5.91 Å². The van der Waals surface area contributed by atoms with Crippen molar-refractivity contribution in [2.45, 2.75) is 65.3 Å². The third-order valence-electron chi connectivity index (χ3n) is 6.66. The van der Waals surface area contributed by atoms with Gasteiger partial charge in [-0.3, -0.25) is 4.79 Å². The Labute approximate surface area is 150 Å². The molecule has 1 atom stereocenters. The van der Waals surface area contributed by atoms with E-state index >= 15 is 0 Å². The fourth-order valence-electron chi connectivity index (χ4n) is 5.22. The lowest BCUT2D eigenvalue weighted by Gasteiger charge is -2.53. The van der Waals surface area contributed by atoms with Crippen LogP contribution in [0.5, 0.6) is 0 Å². The first-order chi connectivity index (χ1) is 12.1. The predicted molar refractivity (Wildman–Crippen MR) is 96.1 cm³/mol. The molecule has 25 heavy (non-hydrogen) atoms. The smallest absolute Gasteiger partial charge is 0.232 e. The zero-order valence-corrected chi connectivity index (χ0v) is 15.7. The molecule has 1 aromatic heterocycles. The van der Waals surface area contributed by atoms with Gasteiger partial charge < -0.3 is 14.3 Å². The van der Waals surface area contributed by atoms with Gasteiger partial charge in [0.15, 0.2) is 0 Å². The molecular weight excluding hydrogens is 314 g/mol. The molecule has 0 aromatic carbocycles. The summed E-state index contributed by atoms with van der Waals surface area (Å²) in [6.07, 6.45) is 9.20. The lowest BCUT2D eigenvalue weighted by molar-refractivity contribution is -0.167. The fourth-order valence-corrected chi connectivity index (χ4v) is 5.22. The second-order valence-corrected chi connectivity index (χ2v) is 8.59. The Morgan fingerprint density at radius 2 is 1.96 bits per heavy atom. The maximum absolute atomic E-state index is 13.0. The number of β-lactam (4-membered cyclic amide) rings is 1. The number of aromatic nitrogens is 1. The second-order valence-electron chi connectivity index (χ2n) is 8.59. The Morgan fingerprint density at radius 1 is 1.16 bits per heavy atom. The number of nitrogens with zero attached hydrogens (tertiary/aromatic N) is 3. The quantitative estimate of drug-likeness (QED) is 0.786. The Kier molecular flexibility index (Phi) is 4.61. The average Bonchev–Trinajstić information content (AvgIpc) is 2.94. The minimum atomic E-state index is -0.105. The Morgan fingerprint density at radius 3 is 2.64 bits per heavy atom. The molecule has 0 radical (unpaired) electrons. The number of rotatable bonds is 4. The minimum absolute atomic E-state index is 0.105. The van der Waals surface area contributed by atoms with Crippen molar-refractivity contribution in [1.82, 2.24) is 15.0 Å². The van der Waals surface area contributed by atoms with Crippen molar-refractivity contribution in [1.29, 1.82) is 0 Å². The van der Waals surface area contributed by atoms with Gasteiger partial charge in [0.1, 0.15) is 5.76 Å². The van der Waals surface area contributed by atoms with Crippen LogP contribution in [-0.2, 0) is 11.3 Å². The highest BCUT2D eigenvalue weighted by atomic mass is 16.5. The molecule has 1 aromatic rings. The summed E-state index contributed by atoms with van der Waals surface area (Å²) in [6, 6.07) is 0. The van der Waals surface area contributed by atoms with Crippen molar-refractivity contribution in [3.05, 3.63) is 17.0 Å². The fraction of sp³-hybridized carbons (Fsp3) is 0.800. The molecule has 1 spiro atoms. The molecule has 2 aliphatic heterocycles. The zero-order valence-electron chi connectivity index (χ0n) is 15.7. The van der Waals surface area contributed by atoms with E-state index in [1.54, 1.807) is 0 Å². The molecule has 3 heterocycles. The van der Waals surface area contributed by atoms with Crippen LogP contribution in [0.15, 0.2) is 4.52 Å². The third kappa shape index (κ3) is 3.23. The largest absolute Gasteiger partial charge is 0.361 e. The number of hydrogen-bond acceptors (Lipinski definition) is 4. The van der Waals surface area contributed by atoms with Crippen LogP contribution in [0.1, 0.15) is 62.0 Å². The number of piperidine rings is 1. The normalized spacial score (nSPS) is 28.6. The average molecular weight is 345 g/mol. The van der Waals surface area contributed by atoms with E-state index in [9.17, 15) is 4.79 Å². The third-order valence-corrected chi connectivity index (χ3v) is 6.66. The van der Waals surface area contributed by atoms with E-state index < -0.39 is 0 Å². The molecule has 1 aliphatic carbocycles. The summed E-state index contributed by atoms with van der Waals surface area (Å²) in [4.78, 5) is 17.6. The number of amides is 1. The van der Waals surface area contributed by atoms with Crippen LogP contribution < -0.4 is 0 Å². The summed E-state index contributed by atoms with van der Waals surface area (Å²) in [5, 5.41) is 4.01. The first-order valence-corrected chi connectivity index (χ1v) is 10.0. The summed E-state index contributed by atoms with van der Waals surface area (Å²) in [7, 11) is 0. The molecule has 1 amide bonds. The van der Waals surface area contributed by atoms with Gasteiger partial charge in [0, 0.05) is 25.2 Å². The zero-order chi connectivity index (χ0) is 17.4. The molecular formula is C20H31N3O2. The van der Waals surface area contributed by atoms with Gasteiger partial charge in [0.25, 0.3) is 0 Å². The Balaban J connectivity index is 1.35. The summed E-state index contributed by atoms with van der Waals surface area (Å²) in [6.45, 7) is 8.80. The number of carbonyl (C=O) groups is 1. The van der Waals surface area contributed by atoms with Gasteiger partial charge >= 0.3 is 0 Å². The highest BCUT2D eigenvalue weighted by molar-refractivity contribution is 5.89. The predicted octanol–water partition coefficient (Wildman–Crippen LogP) is 3.30. The number of hydrogen-bond donors (Lipinski definition) is 0. The van der Waals surface area contributed by atoms with E-state index in [2.05, 4.69) is 10.1 Å². The topological polar surface area (TPSA) is 49.6 Å². The molecule has 4 rings (SSSR count). The van der Waals surface area contributed by atoms with Crippen molar-refractivity contribution in [2.75, 3.05) is 26.2 Å². The molecule has 0 N–H and O–H groups in total. The number of likely N-dealkylation sites (tertiary alicyclic amines) is 2. The summed E-state index contributed by atoms with van der Waals surface area (Å²) >= 11 is 0. The first-order valence-electron chi connectivity index (χ1n) is 10.0. The van der Waals surface area contributed by atoms with Gasteiger partial charge in [0.05, 0.1) is 17.7 Å². The van der Waals surface area contributed by atoms with Crippen LogP contribution in [0.4, 0.5) is 0 Å². The molecule has 2 saturated heterocycles. The van der Waals surface area contributed by atoms with Crippen LogP contribution in [-0.4, -0.2) is 47.0 Å². The standard InChI is InChI=1S/C20H31N3O2/c1-15-18(16(2)25-21-15)12-23-14-20(19(23)24)9-6-10-22(13-20)11-17-7-4-3-5-8-17/h17H,3-14H2,1-2H3. The molecule has 1 unspecified atom stereocenters. The van der Waals surface area contributed by atoms with E-state index in [1.165, 1.54) is 45.2 Å².